The van der Waals surface area contributed by atoms with Crippen LogP contribution in [0, 0.1) is 5.41 Å². The van der Waals surface area contributed by atoms with Crippen LogP contribution in [0.4, 0.5) is 0 Å². The average molecular weight is 155 g/mol. The van der Waals surface area contributed by atoms with Crippen molar-refractivity contribution in [3.63, 3.8) is 0 Å². The predicted molar refractivity (Wildman–Crippen MR) is 49.5 cm³/mol. The van der Waals surface area contributed by atoms with Gasteiger partial charge in [0.2, 0.25) is 0 Å². The van der Waals surface area contributed by atoms with Gasteiger partial charge in [0.05, 0.1) is 0 Å². The minimum atomic E-state index is 0.524. The lowest BCUT2D eigenvalue weighted by Gasteiger charge is -2.29. The van der Waals surface area contributed by atoms with Crippen LogP contribution < -0.4 is 5.73 Å². The Morgan fingerprint density at radius 3 is 2.00 bits per heavy atom. The minimum Gasteiger partial charge on any atom is -0.330 e. The van der Waals surface area contributed by atoms with Crippen LogP contribution in [0.5, 0.6) is 0 Å². The SMILES string of the molecule is CCC1(CN)CCCCCC1. The van der Waals surface area contributed by atoms with E-state index in [1.807, 2.05) is 0 Å². The lowest BCUT2D eigenvalue weighted by atomic mass is 9.78. The summed E-state index contributed by atoms with van der Waals surface area (Å²) in [4.78, 5) is 0. The van der Waals surface area contributed by atoms with Crippen molar-refractivity contribution in [3.8, 4) is 0 Å². The average Bonchev–Trinajstić information content (AvgIpc) is 2.30. The van der Waals surface area contributed by atoms with Crippen molar-refractivity contribution in [3.05, 3.63) is 0 Å². The van der Waals surface area contributed by atoms with Crippen LogP contribution in [0.15, 0.2) is 0 Å². The van der Waals surface area contributed by atoms with E-state index < -0.39 is 0 Å². The van der Waals surface area contributed by atoms with Crippen molar-refractivity contribution in [1.82, 2.24) is 0 Å². The first-order valence-electron chi connectivity index (χ1n) is 5.03. The first-order chi connectivity index (χ1) is 5.33. The number of rotatable bonds is 2. The molecule has 1 heteroatoms. The van der Waals surface area contributed by atoms with E-state index in [9.17, 15) is 0 Å². The molecule has 0 heterocycles. The highest BCUT2D eigenvalue weighted by atomic mass is 14.6. The zero-order valence-corrected chi connectivity index (χ0v) is 7.73. The Hall–Kier alpha value is -0.0400. The second kappa shape index (κ2) is 4.10. The second-order valence-corrected chi connectivity index (χ2v) is 3.97. The molecule has 0 aromatic rings. The number of hydrogen-bond donors (Lipinski definition) is 1. The van der Waals surface area contributed by atoms with Gasteiger partial charge in [0, 0.05) is 0 Å². The highest BCUT2D eigenvalue weighted by Crippen LogP contribution is 2.36. The molecule has 1 aliphatic carbocycles. The van der Waals surface area contributed by atoms with Gasteiger partial charge in [-0.1, -0.05) is 32.6 Å². The molecular formula is C10H21N. The first kappa shape index (κ1) is 9.05. The molecule has 0 atom stereocenters. The molecule has 0 amide bonds. The van der Waals surface area contributed by atoms with Gasteiger partial charge in [-0.3, -0.25) is 0 Å². The predicted octanol–water partition coefficient (Wildman–Crippen LogP) is 2.70. The van der Waals surface area contributed by atoms with Crippen LogP contribution in [0.2, 0.25) is 0 Å². The molecule has 0 aliphatic heterocycles. The topological polar surface area (TPSA) is 26.0 Å². The van der Waals surface area contributed by atoms with Crippen molar-refractivity contribution < 1.29 is 0 Å². The van der Waals surface area contributed by atoms with Gasteiger partial charge in [0.1, 0.15) is 0 Å². The molecule has 0 aromatic heterocycles. The van der Waals surface area contributed by atoms with E-state index in [4.69, 9.17) is 5.73 Å². The largest absolute Gasteiger partial charge is 0.330 e. The Morgan fingerprint density at radius 1 is 1.09 bits per heavy atom. The molecular weight excluding hydrogens is 134 g/mol. The van der Waals surface area contributed by atoms with Gasteiger partial charge in [-0.25, -0.2) is 0 Å². The first-order valence-corrected chi connectivity index (χ1v) is 5.03. The van der Waals surface area contributed by atoms with Crippen LogP contribution in [0.3, 0.4) is 0 Å². The molecule has 0 aromatic carbocycles. The molecule has 1 saturated carbocycles. The van der Waals surface area contributed by atoms with Crippen molar-refractivity contribution in [2.75, 3.05) is 6.54 Å². The van der Waals surface area contributed by atoms with E-state index in [1.165, 1.54) is 44.9 Å². The fraction of sp³-hybridized carbons (Fsp3) is 1.00. The van der Waals surface area contributed by atoms with Crippen molar-refractivity contribution in [2.45, 2.75) is 51.9 Å². The van der Waals surface area contributed by atoms with Gasteiger partial charge in [-0.15, -0.1) is 0 Å². The Labute approximate surface area is 70.4 Å². The molecule has 0 saturated heterocycles. The Balaban J connectivity index is 2.49. The summed E-state index contributed by atoms with van der Waals surface area (Å²) in [5.74, 6) is 0. The molecule has 0 bridgehead atoms. The maximum atomic E-state index is 5.82. The maximum absolute atomic E-state index is 5.82. The molecule has 1 rings (SSSR count). The monoisotopic (exact) mass is 155 g/mol. The number of hydrogen-bond acceptors (Lipinski definition) is 1. The Morgan fingerprint density at radius 2 is 1.64 bits per heavy atom. The summed E-state index contributed by atoms with van der Waals surface area (Å²) in [6.07, 6.45) is 9.71. The highest BCUT2D eigenvalue weighted by molar-refractivity contribution is 4.80. The zero-order valence-electron chi connectivity index (χ0n) is 7.73. The molecule has 0 unspecified atom stereocenters. The van der Waals surface area contributed by atoms with Gasteiger partial charge in [0.15, 0.2) is 0 Å². The van der Waals surface area contributed by atoms with E-state index in [2.05, 4.69) is 6.92 Å². The Bertz CT molecular complexity index is 95.4. The smallest absolute Gasteiger partial charge is 0.00206 e. The fourth-order valence-corrected chi connectivity index (χ4v) is 2.18. The highest BCUT2D eigenvalue weighted by Gasteiger charge is 2.26. The summed E-state index contributed by atoms with van der Waals surface area (Å²) < 4.78 is 0. The fourth-order valence-electron chi connectivity index (χ4n) is 2.18. The summed E-state index contributed by atoms with van der Waals surface area (Å²) >= 11 is 0. The van der Waals surface area contributed by atoms with E-state index in [0.717, 1.165) is 6.54 Å². The minimum absolute atomic E-state index is 0.524. The third-order valence-electron chi connectivity index (χ3n) is 3.35. The molecule has 0 spiro atoms. The molecule has 66 valence electrons. The normalized spacial score (nSPS) is 24.5. The van der Waals surface area contributed by atoms with Crippen molar-refractivity contribution >= 4 is 0 Å². The lowest BCUT2D eigenvalue weighted by molar-refractivity contribution is 0.244. The van der Waals surface area contributed by atoms with Crippen molar-refractivity contribution in [2.24, 2.45) is 11.1 Å². The summed E-state index contributed by atoms with van der Waals surface area (Å²) in [7, 11) is 0. The quantitative estimate of drug-likeness (QED) is 0.610. The molecule has 1 fully saturated rings. The molecule has 1 aliphatic rings. The third-order valence-corrected chi connectivity index (χ3v) is 3.35. The van der Waals surface area contributed by atoms with Gasteiger partial charge in [-0.2, -0.15) is 0 Å². The van der Waals surface area contributed by atoms with E-state index >= 15 is 0 Å². The summed E-state index contributed by atoms with van der Waals surface area (Å²) in [5.41, 5.74) is 6.34. The lowest BCUT2D eigenvalue weighted by Crippen LogP contribution is -2.29. The summed E-state index contributed by atoms with van der Waals surface area (Å²) in [6, 6.07) is 0. The summed E-state index contributed by atoms with van der Waals surface area (Å²) in [5, 5.41) is 0. The third kappa shape index (κ3) is 2.19. The second-order valence-electron chi connectivity index (χ2n) is 3.97. The van der Waals surface area contributed by atoms with Gasteiger partial charge >= 0.3 is 0 Å². The standard InChI is InChI=1S/C10H21N/c1-2-10(9-11)7-5-3-4-6-8-10/h2-9,11H2,1H3. The van der Waals surface area contributed by atoms with Crippen LogP contribution in [0.25, 0.3) is 0 Å². The van der Waals surface area contributed by atoms with Crippen LogP contribution >= 0.6 is 0 Å². The zero-order chi connectivity index (χ0) is 8.16. The number of nitrogens with two attached hydrogens (primary N) is 1. The molecule has 1 nitrogen and oxygen atoms in total. The van der Waals surface area contributed by atoms with Gasteiger partial charge in [0.25, 0.3) is 0 Å². The van der Waals surface area contributed by atoms with Gasteiger partial charge < -0.3 is 5.73 Å². The van der Waals surface area contributed by atoms with E-state index in [-0.39, 0.29) is 0 Å². The summed E-state index contributed by atoms with van der Waals surface area (Å²) in [6.45, 7) is 3.20. The van der Waals surface area contributed by atoms with E-state index in [0.29, 0.717) is 5.41 Å². The van der Waals surface area contributed by atoms with Gasteiger partial charge in [-0.05, 0) is 31.2 Å². The maximum Gasteiger partial charge on any atom is -0.00206 e. The van der Waals surface area contributed by atoms with Crippen LogP contribution in [-0.4, -0.2) is 6.54 Å². The molecule has 11 heavy (non-hydrogen) atoms. The molecule has 0 radical (unpaired) electrons. The Kier molecular flexibility index (Phi) is 3.38. The van der Waals surface area contributed by atoms with Crippen LogP contribution in [0.1, 0.15) is 51.9 Å². The molecule has 2 N–H and O–H groups in total. The van der Waals surface area contributed by atoms with Crippen molar-refractivity contribution in [1.29, 1.82) is 0 Å². The van der Waals surface area contributed by atoms with Crippen LogP contribution in [-0.2, 0) is 0 Å². The van der Waals surface area contributed by atoms with E-state index in [1.54, 1.807) is 0 Å².